The Balaban J connectivity index is 3.53. The first-order valence-corrected chi connectivity index (χ1v) is 5.16. The molecule has 0 radical (unpaired) electrons. The summed E-state index contributed by atoms with van der Waals surface area (Å²) in [6.45, 7) is 7.95. The van der Waals surface area contributed by atoms with E-state index in [-0.39, 0.29) is 0 Å². The number of hydrogen-bond donors (Lipinski definition) is 1. The predicted octanol–water partition coefficient (Wildman–Crippen LogP) is 0.953. The van der Waals surface area contributed by atoms with Gasteiger partial charge in [0.2, 0.25) is 0 Å². The van der Waals surface area contributed by atoms with Crippen LogP contribution in [0.15, 0.2) is 0 Å². The molecule has 0 aromatic rings. The summed E-state index contributed by atoms with van der Waals surface area (Å²) >= 11 is 0. The lowest BCUT2D eigenvalue weighted by atomic mass is 10.2. The molecule has 0 saturated carbocycles. The van der Waals surface area contributed by atoms with Crippen LogP contribution in [0.5, 0.6) is 0 Å². The van der Waals surface area contributed by atoms with Crippen molar-refractivity contribution in [3.8, 4) is 0 Å². The van der Waals surface area contributed by atoms with Gasteiger partial charge in [-0.2, -0.15) is 0 Å². The van der Waals surface area contributed by atoms with Crippen LogP contribution < -0.4 is 5.32 Å². The van der Waals surface area contributed by atoms with Crippen molar-refractivity contribution in [2.45, 2.75) is 26.3 Å². The molecule has 0 aromatic heterocycles. The van der Waals surface area contributed by atoms with Gasteiger partial charge >= 0.3 is 0 Å². The van der Waals surface area contributed by atoms with Gasteiger partial charge in [-0.1, -0.05) is 6.92 Å². The lowest BCUT2D eigenvalue weighted by Gasteiger charge is -2.19. The van der Waals surface area contributed by atoms with Crippen LogP contribution in [0.4, 0.5) is 0 Å². The lowest BCUT2D eigenvalue weighted by Crippen LogP contribution is -2.36. The first-order valence-electron chi connectivity index (χ1n) is 5.16. The second-order valence-electron chi connectivity index (χ2n) is 3.51. The quantitative estimate of drug-likeness (QED) is 0.614. The molecular weight excluding hydrogens is 164 g/mol. The Morgan fingerprint density at radius 3 is 2.46 bits per heavy atom. The third-order valence-corrected chi connectivity index (χ3v) is 1.94. The highest BCUT2D eigenvalue weighted by Crippen LogP contribution is 1.94. The minimum absolute atomic E-state index is 0.507. The Morgan fingerprint density at radius 2 is 2.00 bits per heavy atom. The van der Waals surface area contributed by atoms with Gasteiger partial charge < -0.3 is 15.0 Å². The minimum atomic E-state index is 0.507. The van der Waals surface area contributed by atoms with Gasteiger partial charge in [0, 0.05) is 12.6 Å². The minimum Gasteiger partial charge on any atom is -0.380 e. The van der Waals surface area contributed by atoms with Gasteiger partial charge in [-0.15, -0.1) is 0 Å². The fraction of sp³-hybridized carbons (Fsp3) is 1.00. The molecule has 0 aliphatic heterocycles. The van der Waals surface area contributed by atoms with E-state index in [9.17, 15) is 0 Å². The van der Waals surface area contributed by atoms with Crippen molar-refractivity contribution >= 4 is 0 Å². The summed E-state index contributed by atoms with van der Waals surface area (Å²) in [5.74, 6) is 0. The van der Waals surface area contributed by atoms with Crippen LogP contribution in [0, 0.1) is 0 Å². The number of nitrogens with one attached hydrogen (secondary N) is 1. The predicted molar refractivity (Wildman–Crippen MR) is 57.1 cm³/mol. The molecule has 0 spiro atoms. The highest BCUT2D eigenvalue weighted by Gasteiger charge is 2.06. The van der Waals surface area contributed by atoms with Gasteiger partial charge in [0.05, 0.1) is 6.61 Å². The number of nitrogens with zero attached hydrogens (tertiary/aromatic N) is 1. The second kappa shape index (κ2) is 8.48. The van der Waals surface area contributed by atoms with Gasteiger partial charge in [-0.05, 0) is 40.5 Å². The van der Waals surface area contributed by atoms with Crippen molar-refractivity contribution in [2.24, 2.45) is 0 Å². The van der Waals surface area contributed by atoms with Gasteiger partial charge in [0.15, 0.2) is 0 Å². The molecule has 13 heavy (non-hydrogen) atoms. The van der Waals surface area contributed by atoms with Crippen molar-refractivity contribution in [3.63, 3.8) is 0 Å². The maximum absolute atomic E-state index is 5.40. The topological polar surface area (TPSA) is 24.5 Å². The van der Waals surface area contributed by atoms with Gasteiger partial charge in [-0.3, -0.25) is 0 Å². The molecule has 1 atom stereocenters. The monoisotopic (exact) mass is 188 g/mol. The van der Waals surface area contributed by atoms with Crippen LogP contribution in [-0.2, 0) is 4.74 Å². The number of likely N-dealkylation sites (N-methyl/N-ethyl adjacent to an activating group) is 1. The first kappa shape index (κ1) is 12.9. The summed E-state index contributed by atoms with van der Waals surface area (Å²) < 4.78 is 5.40. The Bertz CT molecular complexity index is 107. The van der Waals surface area contributed by atoms with E-state index in [0.717, 1.165) is 32.7 Å². The smallest absolute Gasteiger partial charge is 0.0619 e. The molecule has 0 aliphatic rings. The van der Waals surface area contributed by atoms with Crippen LogP contribution in [0.1, 0.15) is 20.3 Å². The number of rotatable bonds is 8. The van der Waals surface area contributed by atoms with E-state index in [2.05, 4.69) is 31.2 Å². The van der Waals surface area contributed by atoms with E-state index in [1.54, 1.807) is 0 Å². The van der Waals surface area contributed by atoms with Crippen molar-refractivity contribution in [1.29, 1.82) is 0 Å². The SMILES string of the molecule is CCNC(CCN(C)C)COCC. The van der Waals surface area contributed by atoms with Crippen molar-refractivity contribution in [3.05, 3.63) is 0 Å². The fourth-order valence-corrected chi connectivity index (χ4v) is 1.21. The molecule has 0 amide bonds. The molecule has 1 unspecified atom stereocenters. The van der Waals surface area contributed by atoms with Crippen molar-refractivity contribution in [2.75, 3.05) is 40.4 Å². The molecule has 0 aromatic carbocycles. The molecule has 0 bridgehead atoms. The summed E-state index contributed by atoms with van der Waals surface area (Å²) in [6, 6.07) is 0.507. The average molecular weight is 188 g/mol. The standard InChI is InChI=1S/C10H24N2O/c1-5-11-10(9-13-6-2)7-8-12(3)4/h10-11H,5-9H2,1-4H3. The first-order chi connectivity index (χ1) is 6.20. The maximum atomic E-state index is 5.40. The molecular formula is C10H24N2O. The third kappa shape index (κ3) is 8.22. The Morgan fingerprint density at radius 1 is 1.31 bits per heavy atom. The molecule has 1 N–H and O–H groups in total. The summed E-state index contributed by atoms with van der Waals surface area (Å²) in [7, 11) is 4.20. The number of hydrogen-bond acceptors (Lipinski definition) is 3. The van der Waals surface area contributed by atoms with Gasteiger partial charge in [-0.25, -0.2) is 0 Å². The summed E-state index contributed by atoms with van der Waals surface area (Å²) in [5, 5.41) is 3.42. The second-order valence-corrected chi connectivity index (χ2v) is 3.51. The van der Waals surface area contributed by atoms with Crippen molar-refractivity contribution in [1.82, 2.24) is 10.2 Å². The van der Waals surface area contributed by atoms with Crippen LogP contribution in [-0.4, -0.2) is 51.3 Å². The summed E-state index contributed by atoms with van der Waals surface area (Å²) in [6.07, 6.45) is 1.15. The molecule has 3 nitrogen and oxygen atoms in total. The zero-order valence-corrected chi connectivity index (χ0v) is 9.47. The Hall–Kier alpha value is -0.120. The molecule has 0 aliphatic carbocycles. The molecule has 0 rings (SSSR count). The van der Waals surface area contributed by atoms with Crippen LogP contribution in [0.25, 0.3) is 0 Å². The van der Waals surface area contributed by atoms with Gasteiger partial charge in [0.1, 0.15) is 0 Å². The Kier molecular flexibility index (Phi) is 8.40. The fourth-order valence-electron chi connectivity index (χ4n) is 1.21. The molecule has 80 valence electrons. The molecule has 0 saturated heterocycles. The largest absolute Gasteiger partial charge is 0.380 e. The van der Waals surface area contributed by atoms with E-state index in [4.69, 9.17) is 4.74 Å². The zero-order valence-electron chi connectivity index (χ0n) is 9.47. The highest BCUT2D eigenvalue weighted by atomic mass is 16.5. The normalized spacial score (nSPS) is 13.6. The highest BCUT2D eigenvalue weighted by molar-refractivity contribution is 4.66. The molecule has 0 heterocycles. The average Bonchev–Trinajstić information content (AvgIpc) is 2.09. The zero-order chi connectivity index (χ0) is 10.1. The van der Waals surface area contributed by atoms with Gasteiger partial charge in [0.25, 0.3) is 0 Å². The molecule has 3 heteroatoms. The molecule has 0 fully saturated rings. The van der Waals surface area contributed by atoms with Crippen LogP contribution in [0.2, 0.25) is 0 Å². The summed E-state index contributed by atoms with van der Waals surface area (Å²) in [5.41, 5.74) is 0. The summed E-state index contributed by atoms with van der Waals surface area (Å²) in [4.78, 5) is 2.20. The lowest BCUT2D eigenvalue weighted by molar-refractivity contribution is 0.118. The van der Waals surface area contributed by atoms with E-state index >= 15 is 0 Å². The van der Waals surface area contributed by atoms with Crippen LogP contribution >= 0.6 is 0 Å². The van der Waals surface area contributed by atoms with E-state index in [1.807, 2.05) is 6.92 Å². The Labute approximate surface area is 82.4 Å². The van der Waals surface area contributed by atoms with E-state index in [1.165, 1.54) is 0 Å². The maximum Gasteiger partial charge on any atom is 0.0619 e. The number of ether oxygens (including phenoxy) is 1. The third-order valence-electron chi connectivity index (χ3n) is 1.94. The van der Waals surface area contributed by atoms with Crippen LogP contribution in [0.3, 0.4) is 0 Å². The van der Waals surface area contributed by atoms with E-state index < -0.39 is 0 Å². The van der Waals surface area contributed by atoms with E-state index in [0.29, 0.717) is 6.04 Å². The van der Waals surface area contributed by atoms with Crippen molar-refractivity contribution < 1.29 is 4.74 Å².